The molecule has 7 nitrogen and oxygen atoms in total. The number of carbonyl (C=O) groups is 1. The number of rotatable bonds is 3. The number of amides is 1. The number of carbonyl (C=O) groups excluding carboxylic acids is 1. The fourth-order valence-electron chi connectivity index (χ4n) is 2.44. The predicted octanol–water partition coefficient (Wildman–Crippen LogP) is 1.37. The van der Waals surface area contributed by atoms with Crippen molar-refractivity contribution in [3.05, 3.63) is 50.6 Å². The van der Waals surface area contributed by atoms with Crippen molar-refractivity contribution in [3.8, 4) is 0 Å². The Morgan fingerprint density at radius 1 is 1.12 bits per heavy atom. The van der Waals surface area contributed by atoms with E-state index in [1.54, 1.807) is 31.6 Å². The number of nitrogens with zero attached hydrogens (tertiary/aromatic N) is 2. The molecule has 0 aliphatic rings. The molecule has 0 spiro atoms. The Morgan fingerprint density at radius 3 is 2.42 bits per heavy atom. The minimum atomic E-state index is -4.03. The predicted molar refractivity (Wildman–Crippen MR) is 91.9 cm³/mol. The Morgan fingerprint density at radius 2 is 1.79 bits per heavy atom. The zero-order valence-electron chi connectivity index (χ0n) is 13.2. The van der Waals surface area contributed by atoms with Crippen LogP contribution in [0.3, 0.4) is 0 Å². The quantitative estimate of drug-likeness (QED) is 0.759. The topological polar surface area (TPSA) is 90.2 Å². The highest BCUT2D eigenvalue weighted by atomic mass is 32.2. The summed E-state index contributed by atoms with van der Waals surface area (Å²) in [7, 11) is -0.853. The fourth-order valence-corrected chi connectivity index (χ4v) is 4.28. The van der Waals surface area contributed by atoms with E-state index < -0.39 is 15.9 Å². The first-order valence-electron chi connectivity index (χ1n) is 6.98. The van der Waals surface area contributed by atoms with E-state index in [0.717, 1.165) is 5.56 Å². The number of aryl methyl sites for hydroxylation is 3. The van der Waals surface area contributed by atoms with Crippen LogP contribution in [0.2, 0.25) is 0 Å². The molecule has 9 heteroatoms. The smallest absolute Gasteiger partial charge is 0.295 e. The zero-order valence-corrected chi connectivity index (χ0v) is 14.9. The molecular weight excluding hydrogens is 350 g/mol. The van der Waals surface area contributed by atoms with Crippen molar-refractivity contribution in [2.24, 2.45) is 14.1 Å². The van der Waals surface area contributed by atoms with E-state index in [1.165, 1.54) is 32.6 Å². The third-order valence-corrected chi connectivity index (χ3v) is 6.11. The number of fused-ring (bicyclic) bond motifs is 1. The van der Waals surface area contributed by atoms with Gasteiger partial charge in [0.1, 0.15) is 0 Å². The Kier molecular flexibility index (Phi) is 3.84. The molecule has 0 unspecified atom stereocenters. The lowest BCUT2D eigenvalue weighted by molar-refractivity contribution is 0.0985. The second kappa shape index (κ2) is 5.60. The van der Waals surface area contributed by atoms with Crippen LogP contribution in [0.4, 0.5) is 0 Å². The molecule has 1 N–H and O–H groups in total. The van der Waals surface area contributed by atoms with Crippen LogP contribution in [0.15, 0.2) is 39.3 Å². The van der Waals surface area contributed by atoms with Crippen molar-refractivity contribution in [2.75, 3.05) is 0 Å². The molecule has 2 aromatic heterocycles. The van der Waals surface area contributed by atoms with Crippen LogP contribution in [-0.2, 0) is 24.1 Å². The van der Waals surface area contributed by atoms with Crippen LogP contribution in [0.5, 0.6) is 0 Å². The number of imidazole rings is 1. The molecule has 2 heterocycles. The van der Waals surface area contributed by atoms with Gasteiger partial charge in [-0.1, -0.05) is 0 Å². The highest BCUT2D eigenvalue weighted by Crippen LogP contribution is 2.19. The number of nitrogens with one attached hydrogen (secondary N) is 1. The normalized spacial score (nSPS) is 11.8. The summed E-state index contributed by atoms with van der Waals surface area (Å²) in [5, 5.41) is 1.77. The van der Waals surface area contributed by atoms with Crippen molar-refractivity contribution in [1.82, 2.24) is 13.9 Å². The van der Waals surface area contributed by atoms with Crippen LogP contribution in [-0.4, -0.2) is 23.5 Å². The molecule has 0 atom stereocenters. The van der Waals surface area contributed by atoms with Crippen LogP contribution in [0, 0.1) is 6.92 Å². The minimum absolute atomic E-state index is 0.0715. The summed E-state index contributed by atoms with van der Waals surface area (Å²) in [5.74, 6) is -0.671. The highest BCUT2D eigenvalue weighted by molar-refractivity contribution is 7.90. The average Bonchev–Trinajstić information content (AvgIpc) is 3.05. The van der Waals surface area contributed by atoms with Crippen LogP contribution in [0.25, 0.3) is 11.0 Å². The summed E-state index contributed by atoms with van der Waals surface area (Å²) in [6.07, 6.45) is 0. The monoisotopic (exact) mass is 365 g/mol. The van der Waals surface area contributed by atoms with E-state index in [1.807, 2.05) is 6.92 Å². The largest absolute Gasteiger partial charge is 0.328 e. The molecule has 1 amide bonds. The molecule has 0 fully saturated rings. The summed E-state index contributed by atoms with van der Waals surface area (Å²) < 4.78 is 29.7. The first-order valence-corrected chi connectivity index (χ1v) is 9.35. The maximum Gasteiger partial charge on any atom is 0.328 e. The van der Waals surface area contributed by atoms with Gasteiger partial charge < -0.3 is 0 Å². The van der Waals surface area contributed by atoms with Crippen LogP contribution < -0.4 is 10.4 Å². The highest BCUT2D eigenvalue weighted by Gasteiger charge is 2.21. The molecule has 3 aromatic rings. The summed E-state index contributed by atoms with van der Waals surface area (Å²) in [4.78, 5) is 24.3. The maximum atomic E-state index is 12.4. The first-order chi connectivity index (χ1) is 11.2. The Balaban J connectivity index is 2.01. The Bertz CT molecular complexity index is 1120. The van der Waals surface area contributed by atoms with Crippen molar-refractivity contribution in [1.29, 1.82) is 0 Å². The molecule has 0 radical (unpaired) electrons. The SMILES string of the molecule is Cc1csc(C(=O)NS(=O)(=O)c2ccc3c(c2)n(C)c(=O)n3C)c1. The van der Waals surface area contributed by atoms with Gasteiger partial charge in [0, 0.05) is 14.1 Å². The molecule has 0 aliphatic carbocycles. The third-order valence-electron chi connectivity index (χ3n) is 3.74. The standard InChI is InChI=1S/C15H15N3O4S2/c1-9-6-13(23-8-9)14(19)16-24(21,22)10-4-5-11-12(7-10)18(3)15(20)17(11)2/h4-8H,1-3H3,(H,16,19). The summed E-state index contributed by atoms with van der Waals surface area (Å²) in [6, 6.07) is 5.92. The summed E-state index contributed by atoms with van der Waals surface area (Å²) in [6.45, 7) is 1.83. The Hall–Kier alpha value is -2.39. The number of thiophene rings is 1. The molecule has 1 aromatic carbocycles. The van der Waals surface area contributed by atoms with E-state index in [9.17, 15) is 18.0 Å². The molecule has 0 saturated carbocycles. The van der Waals surface area contributed by atoms with E-state index in [2.05, 4.69) is 4.72 Å². The van der Waals surface area contributed by atoms with Crippen molar-refractivity contribution in [3.63, 3.8) is 0 Å². The van der Waals surface area contributed by atoms with Gasteiger partial charge in [-0.2, -0.15) is 0 Å². The zero-order chi connectivity index (χ0) is 17.6. The number of benzene rings is 1. The lowest BCUT2D eigenvalue weighted by Gasteiger charge is -2.06. The second-order valence-corrected chi connectivity index (χ2v) is 8.07. The van der Waals surface area contributed by atoms with E-state index in [-0.39, 0.29) is 10.6 Å². The molecular formula is C15H15N3O4S2. The van der Waals surface area contributed by atoms with Crippen molar-refractivity contribution < 1.29 is 13.2 Å². The van der Waals surface area contributed by atoms with Gasteiger partial charge in [-0.3, -0.25) is 13.9 Å². The molecule has 126 valence electrons. The van der Waals surface area contributed by atoms with E-state index >= 15 is 0 Å². The van der Waals surface area contributed by atoms with Crippen LogP contribution >= 0.6 is 11.3 Å². The van der Waals surface area contributed by atoms with Gasteiger partial charge in [0.15, 0.2) is 0 Å². The van der Waals surface area contributed by atoms with Crippen molar-refractivity contribution >= 4 is 38.3 Å². The maximum absolute atomic E-state index is 12.4. The third kappa shape index (κ3) is 2.65. The minimum Gasteiger partial charge on any atom is -0.295 e. The lowest BCUT2D eigenvalue weighted by atomic mass is 10.3. The summed E-state index contributed by atoms with van der Waals surface area (Å²) >= 11 is 1.18. The molecule has 24 heavy (non-hydrogen) atoms. The molecule has 3 rings (SSSR count). The number of hydrogen-bond donors (Lipinski definition) is 1. The number of aromatic nitrogens is 2. The Labute approximate surface area is 142 Å². The van der Waals surface area contributed by atoms with Gasteiger partial charge in [-0.05, 0) is 42.1 Å². The second-order valence-electron chi connectivity index (χ2n) is 5.47. The number of hydrogen-bond acceptors (Lipinski definition) is 5. The van der Waals surface area contributed by atoms with Gasteiger partial charge in [-0.25, -0.2) is 17.9 Å². The van der Waals surface area contributed by atoms with Gasteiger partial charge in [0.2, 0.25) is 0 Å². The van der Waals surface area contributed by atoms with E-state index in [4.69, 9.17) is 0 Å². The average molecular weight is 365 g/mol. The fraction of sp³-hybridized carbons (Fsp3) is 0.200. The van der Waals surface area contributed by atoms with Gasteiger partial charge >= 0.3 is 5.69 Å². The van der Waals surface area contributed by atoms with Crippen LogP contribution in [0.1, 0.15) is 15.2 Å². The molecule has 0 saturated heterocycles. The first kappa shape index (κ1) is 16.5. The summed E-state index contributed by atoms with van der Waals surface area (Å²) in [5.41, 5.74) is 1.73. The number of sulfonamides is 1. The van der Waals surface area contributed by atoms with Gasteiger partial charge in [-0.15, -0.1) is 11.3 Å². The van der Waals surface area contributed by atoms with E-state index in [0.29, 0.717) is 15.9 Å². The molecule has 0 bridgehead atoms. The lowest BCUT2D eigenvalue weighted by Crippen LogP contribution is -2.30. The van der Waals surface area contributed by atoms with Crippen molar-refractivity contribution in [2.45, 2.75) is 11.8 Å². The molecule has 0 aliphatic heterocycles. The van der Waals surface area contributed by atoms with Gasteiger partial charge in [0.25, 0.3) is 15.9 Å². The van der Waals surface area contributed by atoms with Gasteiger partial charge in [0.05, 0.1) is 20.8 Å².